The van der Waals surface area contributed by atoms with Crippen LogP contribution in [0.2, 0.25) is 0 Å². The Bertz CT molecular complexity index is 1030. The van der Waals surface area contributed by atoms with Gasteiger partial charge >= 0.3 is 0 Å². The zero-order valence-electron chi connectivity index (χ0n) is 14.6. The van der Waals surface area contributed by atoms with Gasteiger partial charge in [0.15, 0.2) is 5.11 Å². The van der Waals surface area contributed by atoms with Crippen LogP contribution in [0.3, 0.4) is 0 Å². The lowest BCUT2D eigenvalue weighted by molar-refractivity contribution is -0.384. The second kappa shape index (κ2) is 8.39. The maximum absolute atomic E-state index is 13.3. The van der Waals surface area contributed by atoms with E-state index in [2.05, 4.69) is 20.7 Å². The number of nitro groups is 1. The molecule has 0 fully saturated rings. The van der Waals surface area contributed by atoms with Gasteiger partial charge in [-0.2, -0.15) is 0 Å². The summed E-state index contributed by atoms with van der Waals surface area (Å²) in [5.41, 5.74) is 1.09. The van der Waals surface area contributed by atoms with Crippen LogP contribution < -0.4 is 15.4 Å². The van der Waals surface area contributed by atoms with Crippen molar-refractivity contribution in [3.63, 3.8) is 0 Å². The molecule has 0 aliphatic heterocycles. The maximum atomic E-state index is 13.3. The normalized spacial score (nSPS) is 10.4. The molecule has 1 aromatic heterocycles. The molecule has 28 heavy (non-hydrogen) atoms. The lowest BCUT2D eigenvalue weighted by atomic mass is 10.2. The Kier molecular flexibility index (Phi) is 5.75. The summed E-state index contributed by atoms with van der Waals surface area (Å²) in [5.74, 6) is 0.191. The summed E-state index contributed by atoms with van der Waals surface area (Å²) < 4.78 is 19.9. The van der Waals surface area contributed by atoms with Crippen molar-refractivity contribution in [1.82, 2.24) is 14.8 Å². The Morgan fingerprint density at radius 2 is 2.14 bits per heavy atom. The first kappa shape index (κ1) is 19.2. The molecule has 0 radical (unpaired) electrons. The van der Waals surface area contributed by atoms with Crippen LogP contribution in [0, 0.1) is 15.9 Å². The van der Waals surface area contributed by atoms with E-state index in [1.165, 1.54) is 48.5 Å². The summed E-state index contributed by atoms with van der Waals surface area (Å²) in [4.78, 5) is 14.4. The minimum atomic E-state index is -0.516. The monoisotopic (exact) mass is 402 g/mol. The zero-order valence-corrected chi connectivity index (χ0v) is 15.4. The highest BCUT2D eigenvalue weighted by atomic mass is 32.1. The van der Waals surface area contributed by atoms with E-state index in [4.69, 9.17) is 17.0 Å². The first-order chi connectivity index (χ1) is 13.4. The van der Waals surface area contributed by atoms with E-state index in [-0.39, 0.29) is 28.3 Å². The smallest absolute Gasteiger partial charge is 0.273 e. The third kappa shape index (κ3) is 4.76. The Morgan fingerprint density at radius 3 is 2.86 bits per heavy atom. The van der Waals surface area contributed by atoms with Crippen LogP contribution in [0.1, 0.15) is 5.56 Å². The number of rotatable bonds is 6. The average molecular weight is 402 g/mol. The molecule has 2 aromatic carbocycles. The number of hydrogen-bond acceptors (Lipinski definition) is 6. The molecule has 0 saturated heterocycles. The molecular formula is C17H15FN6O3S. The lowest BCUT2D eigenvalue weighted by Gasteiger charge is -2.11. The molecule has 0 saturated carbocycles. The second-order valence-electron chi connectivity index (χ2n) is 5.62. The van der Waals surface area contributed by atoms with Gasteiger partial charge in [-0.05, 0) is 36.0 Å². The Balaban J connectivity index is 1.64. The van der Waals surface area contributed by atoms with Crippen molar-refractivity contribution < 1.29 is 14.1 Å². The van der Waals surface area contributed by atoms with Gasteiger partial charge in [0.2, 0.25) is 5.95 Å². The van der Waals surface area contributed by atoms with Gasteiger partial charge in [0.25, 0.3) is 5.69 Å². The van der Waals surface area contributed by atoms with Crippen LogP contribution in [-0.4, -0.2) is 31.9 Å². The minimum absolute atomic E-state index is 0.0981. The van der Waals surface area contributed by atoms with E-state index >= 15 is 0 Å². The number of halogens is 1. The largest absolute Gasteiger partial charge is 0.494 e. The highest BCUT2D eigenvalue weighted by molar-refractivity contribution is 7.80. The molecule has 0 unspecified atom stereocenters. The highest BCUT2D eigenvalue weighted by Gasteiger charge is 2.13. The summed E-state index contributed by atoms with van der Waals surface area (Å²) in [6.45, 7) is 0.350. The van der Waals surface area contributed by atoms with Crippen molar-refractivity contribution in [2.45, 2.75) is 6.54 Å². The van der Waals surface area contributed by atoms with Crippen molar-refractivity contribution in [1.29, 1.82) is 0 Å². The number of nitrogens with one attached hydrogen (secondary N) is 2. The summed E-state index contributed by atoms with van der Waals surface area (Å²) in [6.07, 6.45) is 1.49. The van der Waals surface area contributed by atoms with Gasteiger partial charge in [-0.15, -0.1) is 5.10 Å². The number of nitrogens with zero attached hydrogens (tertiary/aromatic N) is 4. The predicted octanol–water partition coefficient (Wildman–Crippen LogP) is 3.19. The van der Waals surface area contributed by atoms with Gasteiger partial charge in [0, 0.05) is 6.07 Å². The van der Waals surface area contributed by atoms with Crippen molar-refractivity contribution in [3.8, 4) is 5.75 Å². The average Bonchev–Trinajstić information content (AvgIpc) is 3.08. The molecule has 0 spiro atoms. The van der Waals surface area contributed by atoms with E-state index in [0.29, 0.717) is 12.2 Å². The lowest BCUT2D eigenvalue weighted by Crippen LogP contribution is -2.20. The topological polar surface area (TPSA) is 107 Å². The molecule has 2 N–H and O–H groups in total. The van der Waals surface area contributed by atoms with Gasteiger partial charge in [-0.1, -0.05) is 12.1 Å². The molecule has 1 heterocycles. The van der Waals surface area contributed by atoms with Gasteiger partial charge in [0.1, 0.15) is 17.9 Å². The summed E-state index contributed by atoms with van der Waals surface area (Å²) in [5, 5.41) is 20.9. The number of aromatic nitrogens is 3. The fourth-order valence-corrected chi connectivity index (χ4v) is 2.60. The quantitative estimate of drug-likeness (QED) is 0.368. The summed E-state index contributed by atoms with van der Waals surface area (Å²) in [7, 11) is 1.40. The van der Waals surface area contributed by atoms with Crippen molar-refractivity contribution >= 4 is 34.7 Å². The molecule has 3 rings (SSSR count). The first-order valence-corrected chi connectivity index (χ1v) is 8.40. The van der Waals surface area contributed by atoms with Crippen molar-refractivity contribution in [3.05, 3.63) is 70.3 Å². The fraction of sp³-hybridized carbons (Fsp3) is 0.118. The molecule has 0 aliphatic carbocycles. The van der Waals surface area contributed by atoms with E-state index < -0.39 is 4.92 Å². The number of non-ortho nitro benzene ring substituents is 1. The summed E-state index contributed by atoms with van der Waals surface area (Å²) >= 11 is 5.22. The number of anilines is 2. The number of nitro benzene ring substituents is 1. The van der Waals surface area contributed by atoms with Crippen LogP contribution >= 0.6 is 12.2 Å². The third-order valence-electron chi connectivity index (χ3n) is 3.64. The van der Waals surface area contributed by atoms with E-state index in [1.807, 2.05) is 0 Å². The van der Waals surface area contributed by atoms with Crippen LogP contribution in [-0.2, 0) is 6.54 Å². The Hall–Kier alpha value is -3.60. The van der Waals surface area contributed by atoms with Crippen LogP contribution in [0.5, 0.6) is 5.75 Å². The maximum Gasteiger partial charge on any atom is 0.273 e. The van der Waals surface area contributed by atoms with Gasteiger partial charge in [-0.25, -0.2) is 14.1 Å². The molecule has 144 valence electrons. The third-order valence-corrected chi connectivity index (χ3v) is 3.84. The number of benzene rings is 2. The molecule has 0 amide bonds. The van der Waals surface area contributed by atoms with E-state index in [1.54, 1.807) is 12.1 Å². The standard InChI is InChI=1S/C17H15FN6O3S/c1-27-15-8-13(24(25)26)5-6-14(15)20-17(28)21-16-19-10-23(22-16)9-11-3-2-4-12(18)7-11/h2-8,10H,9H2,1H3,(H2,20,21,22,28). The number of ether oxygens (including phenoxy) is 1. The molecular weight excluding hydrogens is 387 g/mol. The second-order valence-corrected chi connectivity index (χ2v) is 6.02. The SMILES string of the molecule is COc1cc([N+](=O)[O-])ccc1NC(=S)Nc1ncn(Cc2cccc(F)c2)n1. The molecule has 0 atom stereocenters. The molecule has 9 nitrogen and oxygen atoms in total. The molecule has 0 aliphatic rings. The van der Waals surface area contributed by atoms with Crippen LogP contribution in [0.25, 0.3) is 0 Å². The van der Waals surface area contributed by atoms with Crippen molar-refractivity contribution in [2.75, 3.05) is 17.7 Å². The molecule has 0 bridgehead atoms. The number of thiocarbonyl (C=S) groups is 1. The summed E-state index contributed by atoms with van der Waals surface area (Å²) in [6, 6.07) is 10.3. The first-order valence-electron chi connectivity index (χ1n) is 7.99. The van der Waals surface area contributed by atoms with Crippen LogP contribution in [0.15, 0.2) is 48.8 Å². The zero-order chi connectivity index (χ0) is 20.1. The van der Waals surface area contributed by atoms with Crippen LogP contribution in [0.4, 0.5) is 21.7 Å². The van der Waals surface area contributed by atoms with Gasteiger partial charge < -0.3 is 10.1 Å². The van der Waals surface area contributed by atoms with Crippen molar-refractivity contribution in [2.24, 2.45) is 0 Å². The minimum Gasteiger partial charge on any atom is -0.494 e. The molecule has 3 aromatic rings. The Labute approximate surface area is 164 Å². The fourth-order valence-electron chi connectivity index (χ4n) is 2.40. The van der Waals surface area contributed by atoms with E-state index in [0.717, 1.165) is 5.56 Å². The number of hydrogen-bond donors (Lipinski definition) is 2. The number of methoxy groups -OCH3 is 1. The Morgan fingerprint density at radius 1 is 1.32 bits per heavy atom. The van der Waals surface area contributed by atoms with Gasteiger partial charge in [0.05, 0.1) is 30.3 Å². The highest BCUT2D eigenvalue weighted by Crippen LogP contribution is 2.29. The predicted molar refractivity (Wildman–Crippen MR) is 105 cm³/mol. The van der Waals surface area contributed by atoms with Gasteiger partial charge in [-0.3, -0.25) is 15.4 Å². The van der Waals surface area contributed by atoms with E-state index in [9.17, 15) is 14.5 Å². The molecule has 11 heteroatoms.